The van der Waals surface area contributed by atoms with Crippen LogP contribution in [0.2, 0.25) is 0 Å². The van der Waals surface area contributed by atoms with Gasteiger partial charge in [0.05, 0.1) is 12.5 Å². The van der Waals surface area contributed by atoms with Crippen LogP contribution in [0.5, 0.6) is 0 Å². The SMILES string of the molecule is CCCCC(F)(F)C(=O)/C=C/[C@@H]1[C@H]2CC(=O)O[C@H]2C[C@H]1OC1CCCCO1. The first kappa shape index (κ1) is 20.4. The molecule has 1 unspecified atom stereocenters. The van der Waals surface area contributed by atoms with Gasteiger partial charge in [-0.25, -0.2) is 0 Å². The fourth-order valence-electron chi connectivity index (χ4n) is 4.17. The quantitative estimate of drug-likeness (QED) is 0.469. The zero-order chi connectivity index (χ0) is 19.4. The number of hydrogen-bond donors (Lipinski definition) is 0. The molecule has 2 saturated heterocycles. The van der Waals surface area contributed by atoms with Crippen LogP contribution in [-0.4, -0.2) is 42.8 Å². The van der Waals surface area contributed by atoms with E-state index >= 15 is 0 Å². The van der Waals surface area contributed by atoms with Gasteiger partial charge in [0, 0.05) is 31.3 Å². The van der Waals surface area contributed by atoms with Crippen LogP contribution in [0.1, 0.15) is 58.3 Å². The number of halogens is 2. The molecule has 0 aromatic carbocycles. The Morgan fingerprint density at radius 2 is 2.19 bits per heavy atom. The number of fused-ring (bicyclic) bond motifs is 1. The summed E-state index contributed by atoms with van der Waals surface area (Å²) in [5.74, 6) is -5.26. The Balaban J connectivity index is 1.67. The summed E-state index contributed by atoms with van der Waals surface area (Å²) in [4.78, 5) is 23.6. The highest BCUT2D eigenvalue weighted by Crippen LogP contribution is 2.44. The highest BCUT2D eigenvalue weighted by molar-refractivity contribution is 5.95. The maximum absolute atomic E-state index is 13.9. The van der Waals surface area contributed by atoms with Gasteiger partial charge in [-0.15, -0.1) is 0 Å². The molecule has 2 aliphatic heterocycles. The Morgan fingerprint density at radius 3 is 2.89 bits per heavy atom. The van der Waals surface area contributed by atoms with Crippen molar-refractivity contribution in [1.82, 2.24) is 0 Å². The van der Waals surface area contributed by atoms with Crippen LogP contribution in [0.3, 0.4) is 0 Å². The van der Waals surface area contributed by atoms with E-state index in [9.17, 15) is 18.4 Å². The van der Waals surface area contributed by atoms with E-state index in [0.29, 0.717) is 25.9 Å². The first-order valence-electron chi connectivity index (χ1n) is 9.97. The smallest absolute Gasteiger partial charge is 0.309 e. The van der Waals surface area contributed by atoms with Crippen LogP contribution < -0.4 is 0 Å². The van der Waals surface area contributed by atoms with Crippen LogP contribution in [0.25, 0.3) is 0 Å². The van der Waals surface area contributed by atoms with Gasteiger partial charge in [0.25, 0.3) is 0 Å². The number of hydrogen-bond acceptors (Lipinski definition) is 5. The maximum Gasteiger partial charge on any atom is 0.309 e. The fourth-order valence-corrected chi connectivity index (χ4v) is 4.17. The van der Waals surface area contributed by atoms with E-state index in [1.807, 2.05) is 0 Å². The lowest BCUT2D eigenvalue weighted by Crippen LogP contribution is -2.31. The van der Waals surface area contributed by atoms with E-state index in [1.54, 1.807) is 6.92 Å². The van der Waals surface area contributed by atoms with Crippen LogP contribution >= 0.6 is 0 Å². The molecule has 152 valence electrons. The summed E-state index contributed by atoms with van der Waals surface area (Å²) in [6.45, 7) is 2.45. The lowest BCUT2D eigenvalue weighted by atomic mass is 9.91. The summed E-state index contributed by atoms with van der Waals surface area (Å²) < 4.78 is 44.9. The average Bonchev–Trinajstić information content (AvgIpc) is 3.14. The standard InChI is InChI=1S/C20H28F2O5/c1-2-3-9-20(21,22)17(23)8-7-13-14-11-18(24)26-16(14)12-15(13)27-19-6-4-5-10-25-19/h7-8,13-16,19H,2-6,9-12H2,1H3/b8-7+/t13-,14-,15-,16+,19?/m1/s1. The highest BCUT2D eigenvalue weighted by atomic mass is 19.3. The van der Waals surface area contributed by atoms with Crippen molar-refractivity contribution < 1.29 is 32.6 Å². The van der Waals surface area contributed by atoms with E-state index in [2.05, 4.69) is 0 Å². The second-order valence-corrected chi connectivity index (χ2v) is 7.71. The third-order valence-electron chi connectivity index (χ3n) is 5.69. The van der Waals surface area contributed by atoms with Crippen LogP contribution in [0.15, 0.2) is 12.2 Å². The number of ether oxygens (including phenoxy) is 3. The van der Waals surface area contributed by atoms with E-state index in [0.717, 1.165) is 25.3 Å². The summed E-state index contributed by atoms with van der Waals surface area (Å²) in [6.07, 6.45) is 5.57. The number of allylic oxidation sites excluding steroid dienone is 1. The Kier molecular flexibility index (Phi) is 6.63. The first-order valence-corrected chi connectivity index (χ1v) is 9.97. The molecule has 0 radical (unpaired) electrons. The van der Waals surface area contributed by atoms with E-state index in [1.165, 1.54) is 6.08 Å². The van der Waals surface area contributed by atoms with Gasteiger partial charge >= 0.3 is 11.9 Å². The van der Waals surface area contributed by atoms with Gasteiger partial charge in [-0.1, -0.05) is 19.4 Å². The zero-order valence-corrected chi connectivity index (χ0v) is 15.7. The Morgan fingerprint density at radius 1 is 1.37 bits per heavy atom. The molecule has 1 aliphatic carbocycles. The molecule has 5 nitrogen and oxygen atoms in total. The van der Waals surface area contributed by atoms with Gasteiger partial charge in [-0.05, 0) is 31.8 Å². The number of carbonyl (C=O) groups excluding carboxylic acids is 2. The van der Waals surface area contributed by atoms with Crippen molar-refractivity contribution in [3.63, 3.8) is 0 Å². The number of esters is 1. The monoisotopic (exact) mass is 386 g/mol. The Labute approximate surface area is 158 Å². The van der Waals surface area contributed by atoms with Crippen LogP contribution in [-0.2, 0) is 23.8 Å². The molecule has 0 spiro atoms. The van der Waals surface area contributed by atoms with Gasteiger partial charge in [-0.2, -0.15) is 8.78 Å². The van der Waals surface area contributed by atoms with Crippen molar-refractivity contribution in [3.05, 3.63) is 12.2 Å². The van der Waals surface area contributed by atoms with Crippen molar-refractivity contribution in [2.24, 2.45) is 11.8 Å². The van der Waals surface area contributed by atoms with E-state index < -0.39 is 18.1 Å². The molecule has 0 aromatic rings. The summed E-state index contributed by atoms with van der Waals surface area (Å²) >= 11 is 0. The molecule has 1 saturated carbocycles. The van der Waals surface area contributed by atoms with Crippen molar-refractivity contribution in [1.29, 1.82) is 0 Å². The molecule has 0 amide bonds. The molecular formula is C20H28F2O5. The van der Waals surface area contributed by atoms with Crippen molar-refractivity contribution >= 4 is 11.8 Å². The number of carbonyl (C=O) groups is 2. The molecule has 27 heavy (non-hydrogen) atoms. The summed E-state index contributed by atoms with van der Waals surface area (Å²) in [6, 6.07) is 0. The second kappa shape index (κ2) is 8.78. The Bertz CT molecular complexity index is 571. The molecule has 2 heterocycles. The molecule has 3 fully saturated rings. The topological polar surface area (TPSA) is 61.8 Å². The molecule has 3 aliphatic rings. The third kappa shape index (κ3) is 4.93. The van der Waals surface area contributed by atoms with Crippen molar-refractivity contribution in [3.8, 4) is 0 Å². The average molecular weight is 386 g/mol. The number of alkyl halides is 2. The molecule has 0 aromatic heterocycles. The highest BCUT2D eigenvalue weighted by Gasteiger charge is 2.50. The summed E-state index contributed by atoms with van der Waals surface area (Å²) in [5, 5.41) is 0. The van der Waals surface area contributed by atoms with E-state index in [4.69, 9.17) is 14.2 Å². The van der Waals surface area contributed by atoms with E-state index in [-0.39, 0.29) is 42.7 Å². The minimum Gasteiger partial charge on any atom is -0.462 e. The van der Waals surface area contributed by atoms with Gasteiger partial charge < -0.3 is 14.2 Å². The normalized spacial score (nSPS) is 34.0. The largest absolute Gasteiger partial charge is 0.462 e. The van der Waals surface area contributed by atoms with Gasteiger partial charge in [0.15, 0.2) is 6.29 Å². The van der Waals surface area contributed by atoms with Crippen LogP contribution in [0.4, 0.5) is 8.78 Å². The fraction of sp³-hybridized carbons (Fsp3) is 0.800. The van der Waals surface area contributed by atoms with Gasteiger partial charge in [0.1, 0.15) is 6.10 Å². The minimum atomic E-state index is -3.35. The lowest BCUT2D eigenvalue weighted by Gasteiger charge is -2.28. The maximum atomic E-state index is 13.9. The molecule has 7 heteroatoms. The molecule has 3 rings (SSSR count). The molecule has 5 atom stereocenters. The van der Waals surface area contributed by atoms with Crippen molar-refractivity contribution in [2.45, 2.75) is 82.7 Å². The predicted octanol–water partition coefficient (Wildman–Crippen LogP) is 3.80. The first-order chi connectivity index (χ1) is 12.9. The number of ketones is 1. The lowest BCUT2D eigenvalue weighted by molar-refractivity contribution is -0.194. The molecule has 0 N–H and O–H groups in total. The third-order valence-corrected chi connectivity index (χ3v) is 5.69. The summed E-state index contributed by atoms with van der Waals surface area (Å²) in [7, 11) is 0. The zero-order valence-electron chi connectivity index (χ0n) is 15.7. The molecular weight excluding hydrogens is 358 g/mol. The second-order valence-electron chi connectivity index (χ2n) is 7.71. The van der Waals surface area contributed by atoms with Crippen molar-refractivity contribution in [2.75, 3.05) is 6.61 Å². The minimum absolute atomic E-state index is 0.139. The molecule has 0 bridgehead atoms. The van der Waals surface area contributed by atoms with Gasteiger partial charge in [0.2, 0.25) is 5.78 Å². The van der Waals surface area contributed by atoms with Gasteiger partial charge in [-0.3, -0.25) is 9.59 Å². The Hall–Kier alpha value is -1.34. The predicted molar refractivity (Wildman–Crippen MR) is 93.2 cm³/mol. The summed E-state index contributed by atoms with van der Waals surface area (Å²) in [5.41, 5.74) is 0. The van der Waals surface area contributed by atoms with Crippen LogP contribution in [0, 0.1) is 11.8 Å². The number of unbranched alkanes of at least 4 members (excludes halogenated alkanes) is 1. The number of rotatable bonds is 8.